The average molecular weight is 257 g/mol. The summed E-state index contributed by atoms with van der Waals surface area (Å²) in [5.74, 6) is -0.250. The predicted octanol–water partition coefficient (Wildman–Crippen LogP) is 2.02. The van der Waals surface area contributed by atoms with E-state index in [0.717, 1.165) is 6.42 Å². The van der Waals surface area contributed by atoms with Crippen molar-refractivity contribution < 1.29 is 9.90 Å². The van der Waals surface area contributed by atoms with E-state index in [1.165, 1.54) is 6.20 Å². The molecule has 1 heterocycles. The number of carbonyl (C=O) groups is 1. The Hall–Kier alpha value is -1.13. The Morgan fingerprint density at radius 1 is 1.59 bits per heavy atom. The minimum atomic E-state index is -0.410. The molecule has 0 saturated heterocycles. The fourth-order valence-corrected chi connectivity index (χ4v) is 1.53. The second kappa shape index (κ2) is 5.98. The third kappa shape index (κ3) is 3.98. The highest BCUT2D eigenvalue weighted by Gasteiger charge is 2.24. The molecule has 2 N–H and O–H groups in total. The highest BCUT2D eigenvalue weighted by Crippen LogP contribution is 2.15. The number of rotatable bonds is 5. The lowest BCUT2D eigenvalue weighted by molar-refractivity contribution is 0.0881. The molecule has 0 bridgehead atoms. The lowest BCUT2D eigenvalue weighted by atomic mass is 9.94. The van der Waals surface area contributed by atoms with Crippen LogP contribution < -0.4 is 5.32 Å². The van der Waals surface area contributed by atoms with Gasteiger partial charge in [-0.1, -0.05) is 18.5 Å². The van der Waals surface area contributed by atoms with Crippen LogP contribution in [0.4, 0.5) is 0 Å². The molecule has 1 rings (SSSR count). The molecule has 1 amide bonds. The van der Waals surface area contributed by atoms with E-state index in [9.17, 15) is 4.79 Å². The Labute approximate surface area is 106 Å². The van der Waals surface area contributed by atoms with Crippen LogP contribution in [-0.4, -0.2) is 28.1 Å². The molecule has 4 nitrogen and oxygen atoms in total. The van der Waals surface area contributed by atoms with Crippen LogP contribution in [0.5, 0.6) is 0 Å². The maximum Gasteiger partial charge on any atom is 0.270 e. The molecule has 0 aromatic carbocycles. The van der Waals surface area contributed by atoms with Crippen molar-refractivity contribution in [3.63, 3.8) is 0 Å². The number of halogens is 1. The van der Waals surface area contributed by atoms with Crippen LogP contribution in [0.15, 0.2) is 18.3 Å². The predicted molar refractivity (Wildman–Crippen MR) is 67.1 cm³/mol. The summed E-state index contributed by atoms with van der Waals surface area (Å²) in [5, 5.41) is 12.3. The molecule has 0 fully saturated rings. The van der Waals surface area contributed by atoms with Gasteiger partial charge >= 0.3 is 0 Å². The Morgan fingerprint density at radius 3 is 2.76 bits per heavy atom. The first-order valence-electron chi connectivity index (χ1n) is 5.55. The van der Waals surface area contributed by atoms with Crippen LogP contribution in [-0.2, 0) is 0 Å². The molecular weight excluding hydrogens is 240 g/mol. The average Bonchev–Trinajstić information content (AvgIpc) is 2.30. The Bertz CT molecular complexity index is 381. The van der Waals surface area contributed by atoms with Gasteiger partial charge in [0.1, 0.15) is 5.69 Å². The van der Waals surface area contributed by atoms with Gasteiger partial charge in [0.25, 0.3) is 5.91 Å². The summed E-state index contributed by atoms with van der Waals surface area (Å²) in [6.45, 7) is 3.90. The maximum atomic E-state index is 11.9. The second-order valence-corrected chi connectivity index (χ2v) is 4.64. The molecule has 1 unspecified atom stereocenters. The number of carbonyl (C=O) groups excluding carboxylic acids is 1. The van der Waals surface area contributed by atoms with Crippen LogP contribution in [0.3, 0.4) is 0 Å². The highest BCUT2D eigenvalue weighted by atomic mass is 35.5. The van der Waals surface area contributed by atoms with Gasteiger partial charge < -0.3 is 10.4 Å². The van der Waals surface area contributed by atoms with Crippen LogP contribution >= 0.6 is 11.6 Å². The largest absolute Gasteiger partial charge is 0.396 e. The van der Waals surface area contributed by atoms with E-state index >= 15 is 0 Å². The minimum Gasteiger partial charge on any atom is -0.396 e. The number of aliphatic hydroxyl groups is 1. The van der Waals surface area contributed by atoms with Gasteiger partial charge in [0, 0.05) is 18.3 Å². The first-order chi connectivity index (χ1) is 8.00. The summed E-state index contributed by atoms with van der Waals surface area (Å²) < 4.78 is 0. The van der Waals surface area contributed by atoms with Crippen molar-refractivity contribution >= 4 is 17.5 Å². The number of pyridine rings is 1. The van der Waals surface area contributed by atoms with Crippen molar-refractivity contribution in [1.82, 2.24) is 10.3 Å². The van der Waals surface area contributed by atoms with E-state index in [1.54, 1.807) is 12.1 Å². The molecule has 5 heteroatoms. The number of amides is 1. The van der Waals surface area contributed by atoms with Gasteiger partial charge in [-0.05, 0) is 31.9 Å². The summed E-state index contributed by atoms with van der Waals surface area (Å²) in [6.07, 6.45) is 2.70. The van der Waals surface area contributed by atoms with E-state index in [1.807, 2.05) is 13.8 Å². The van der Waals surface area contributed by atoms with E-state index in [0.29, 0.717) is 17.1 Å². The fourth-order valence-electron chi connectivity index (χ4n) is 1.42. The number of aliphatic hydroxyl groups excluding tert-OH is 1. The third-order valence-electron chi connectivity index (χ3n) is 2.82. The van der Waals surface area contributed by atoms with Gasteiger partial charge in [-0.2, -0.15) is 0 Å². The Balaban J connectivity index is 2.74. The number of hydrogen-bond acceptors (Lipinski definition) is 3. The van der Waals surface area contributed by atoms with Crippen LogP contribution in [0.1, 0.15) is 37.2 Å². The van der Waals surface area contributed by atoms with Gasteiger partial charge in [-0.3, -0.25) is 4.79 Å². The molecule has 0 spiro atoms. The Morgan fingerprint density at radius 2 is 2.29 bits per heavy atom. The van der Waals surface area contributed by atoms with Crippen molar-refractivity contribution in [3.8, 4) is 0 Å². The highest BCUT2D eigenvalue weighted by molar-refractivity contribution is 6.30. The van der Waals surface area contributed by atoms with Crippen molar-refractivity contribution in [2.45, 2.75) is 32.2 Å². The molecule has 0 saturated carbocycles. The number of hydrogen-bond donors (Lipinski definition) is 2. The first-order valence-corrected chi connectivity index (χ1v) is 5.93. The summed E-state index contributed by atoms with van der Waals surface area (Å²) in [7, 11) is 0. The van der Waals surface area contributed by atoms with E-state index in [-0.39, 0.29) is 12.5 Å². The zero-order chi connectivity index (χ0) is 12.9. The summed E-state index contributed by atoms with van der Waals surface area (Å²) >= 11 is 5.70. The third-order valence-corrected chi connectivity index (χ3v) is 3.04. The fraction of sp³-hybridized carbons (Fsp3) is 0.500. The molecule has 0 aliphatic rings. The van der Waals surface area contributed by atoms with Crippen LogP contribution in [0, 0.1) is 0 Å². The summed E-state index contributed by atoms with van der Waals surface area (Å²) in [5.41, 5.74) is -0.0836. The lowest BCUT2D eigenvalue weighted by Crippen LogP contribution is -2.46. The van der Waals surface area contributed by atoms with E-state index in [2.05, 4.69) is 10.3 Å². The molecule has 17 heavy (non-hydrogen) atoms. The van der Waals surface area contributed by atoms with Crippen LogP contribution in [0.2, 0.25) is 5.02 Å². The number of aromatic nitrogens is 1. The van der Waals surface area contributed by atoms with Crippen molar-refractivity contribution in [2.24, 2.45) is 0 Å². The molecule has 0 aliphatic carbocycles. The SMILES string of the molecule is CCC(C)(CCO)NC(=O)c1ccc(Cl)cn1. The van der Waals surface area contributed by atoms with Crippen LogP contribution in [0.25, 0.3) is 0 Å². The maximum absolute atomic E-state index is 11.9. The second-order valence-electron chi connectivity index (χ2n) is 4.20. The summed E-state index contributed by atoms with van der Waals surface area (Å²) in [6, 6.07) is 3.20. The van der Waals surface area contributed by atoms with Crippen molar-refractivity contribution in [3.05, 3.63) is 29.0 Å². The zero-order valence-corrected chi connectivity index (χ0v) is 10.8. The molecule has 1 atom stereocenters. The smallest absolute Gasteiger partial charge is 0.270 e. The molecule has 0 aliphatic heterocycles. The van der Waals surface area contributed by atoms with Gasteiger partial charge in [0.05, 0.1) is 5.02 Å². The minimum absolute atomic E-state index is 0.0403. The van der Waals surface area contributed by atoms with Gasteiger partial charge in [-0.25, -0.2) is 4.98 Å². The van der Waals surface area contributed by atoms with Crippen molar-refractivity contribution in [2.75, 3.05) is 6.61 Å². The molecule has 0 radical (unpaired) electrons. The van der Waals surface area contributed by atoms with E-state index < -0.39 is 5.54 Å². The molecular formula is C12H17ClN2O2. The molecule has 94 valence electrons. The zero-order valence-electron chi connectivity index (χ0n) is 10.0. The van der Waals surface area contributed by atoms with Gasteiger partial charge in [0.15, 0.2) is 0 Å². The first kappa shape index (κ1) is 13.9. The van der Waals surface area contributed by atoms with Crippen molar-refractivity contribution in [1.29, 1.82) is 0 Å². The summed E-state index contributed by atoms with van der Waals surface area (Å²) in [4.78, 5) is 15.9. The monoisotopic (exact) mass is 256 g/mol. The number of nitrogens with zero attached hydrogens (tertiary/aromatic N) is 1. The Kier molecular flexibility index (Phi) is 4.90. The number of nitrogens with one attached hydrogen (secondary N) is 1. The van der Waals surface area contributed by atoms with Gasteiger partial charge in [0.2, 0.25) is 0 Å². The molecule has 1 aromatic heterocycles. The molecule has 1 aromatic rings. The normalized spacial score (nSPS) is 14.1. The lowest BCUT2D eigenvalue weighted by Gasteiger charge is -2.28. The topological polar surface area (TPSA) is 62.2 Å². The standard InChI is InChI=1S/C12H17ClN2O2/c1-3-12(2,6-7-16)15-11(17)10-5-4-9(13)8-14-10/h4-5,8,16H,3,6-7H2,1-2H3,(H,15,17). The quantitative estimate of drug-likeness (QED) is 0.847. The van der Waals surface area contributed by atoms with E-state index in [4.69, 9.17) is 16.7 Å². The van der Waals surface area contributed by atoms with Gasteiger partial charge in [-0.15, -0.1) is 0 Å².